The first-order chi connectivity index (χ1) is 9.66. The van der Waals surface area contributed by atoms with E-state index in [1.165, 1.54) is 0 Å². The van der Waals surface area contributed by atoms with Crippen molar-refractivity contribution in [2.75, 3.05) is 0 Å². The monoisotopic (exact) mass is 274 g/mol. The molecule has 2 saturated carbocycles. The Morgan fingerprint density at radius 2 is 1.75 bits per heavy atom. The predicted molar refractivity (Wildman–Crippen MR) is 71.7 cm³/mol. The van der Waals surface area contributed by atoms with E-state index in [9.17, 15) is 14.7 Å². The molecule has 0 aliphatic heterocycles. The molecule has 4 heteroatoms. The van der Waals surface area contributed by atoms with Crippen LogP contribution in [0.5, 0.6) is 0 Å². The molecular weight excluding hydrogens is 256 g/mol. The standard InChI is InChI=1S/C16H18O4/c17-15(18)13-11-6-7-12(8-11)14(13)16(19)20-9-10-4-2-1-3-5-10/h1-5,11-14H,6-9H2,(H,17,18)/t11-,12+,13-,14+/m0/s1. The van der Waals surface area contributed by atoms with E-state index in [-0.39, 0.29) is 24.4 Å². The summed E-state index contributed by atoms with van der Waals surface area (Å²) in [6.07, 6.45) is 2.76. The molecule has 2 fully saturated rings. The van der Waals surface area contributed by atoms with E-state index in [2.05, 4.69) is 0 Å². The van der Waals surface area contributed by atoms with Crippen LogP contribution >= 0.6 is 0 Å². The Labute approximate surface area is 117 Å². The maximum absolute atomic E-state index is 12.2. The summed E-state index contributed by atoms with van der Waals surface area (Å²) >= 11 is 0. The maximum Gasteiger partial charge on any atom is 0.310 e. The summed E-state index contributed by atoms with van der Waals surface area (Å²) in [4.78, 5) is 23.6. The first kappa shape index (κ1) is 13.2. The van der Waals surface area contributed by atoms with E-state index in [1.807, 2.05) is 30.3 Å². The SMILES string of the molecule is O=C(OCc1ccccc1)[C@@H]1[C@@H]2CC[C@@H](C2)[C@@H]1C(=O)O. The zero-order chi connectivity index (χ0) is 14.1. The number of carbonyl (C=O) groups excluding carboxylic acids is 1. The number of rotatable bonds is 4. The van der Waals surface area contributed by atoms with Crippen LogP contribution in [0.2, 0.25) is 0 Å². The Bertz CT molecular complexity index is 510. The van der Waals surface area contributed by atoms with Crippen LogP contribution in [-0.4, -0.2) is 17.0 Å². The second-order valence-electron chi connectivity index (χ2n) is 5.82. The first-order valence-corrected chi connectivity index (χ1v) is 7.10. The van der Waals surface area contributed by atoms with Crippen molar-refractivity contribution < 1.29 is 19.4 Å². The minimum Gasteiger partial charge on any atom is -0.481 e. The number of carboxylic acid groups (broad SMARTS) is 1. The molecule has 0 saturated heterocycles. The van der Waals surface area contributed by atoms with Crippen LogP contribution in [0.25, 0.3) is 0 Å². The highest BCUT2D eigenvalue weighted by Gasteiger charge is 2.54. The molecule has 2 aliphatic carbocycles. The van der Waals surface area contributed by atoms with Crippen LogP contribution in [0, 0.1) is 23.7 Å². The second-order valence-corrected chi connectivity index (χ2v) is 5.82. The van der Waals surface area contributed by atoms with Gasteiger partial charge in [0.25, 0.3) is 0 Å². The normalized spacial score (nSPS) is 31.2. The lowest BCUT2D eigenvalue weighted by molar-refractivity contribution is -0.161. The minimum absolute atomic E-state index is 0.159. The summed E-state index contributed by atoms with van der Waals surface area (Å²) in [6.45, 7) is 0.222. The van der Waals surface area contributed by atoms with Crippen LogP contribution in [0.1, 0.15) is 24.8 Å². The van der Waals surface area contributed by atoms with Crippen molar-refractivity contribution in [1.82, 2.24) is 0 Å². The van der Waals surface area contributed by atoms with Crippen molar-refractivity contribution >= 4 is 11.9 Å². The van der Waals surface area contributed by atoms with Gasteiger partial charge < -0.3 is 9.84 Å². The van der Waals surface area contributed by atoms with Gasteiger partial charge in [-0.2, -0.15) is 0 Å². The van der Waals surface area contributed by atoms with E-state index in [0.717, 1.165) is 24.8 Å². The van der Waals surface area contributed by atoms with Crippen molar-refractivity contribution in [2.45, 2.75) is 25.9 Å². The predicted octanol–water partition coefficient (Wildman–Crippen LogP) is 2.48. The van der Waals surface area contributed by atoms with Gasteiger partial charge in [0.05, 0.1) is 11.8 Å². The lowest BCUT2D eigenvalue weighted by Crippen LogP contribution is -2.35. The van der Waals surface area contributed by atoms with E-state index in [4.69, 9.17) is 4.74 Å². The second kappa shape index (κ2) is 5.27. The molecule has 1 aromatic carbocycles. The Hall–Kier alpha value is -1.84. The van der Waals surface area contributed by atoms with Crippen molar-refractivity contribution in [3.05, 3.63) is 35.9 Å². The molecule has 106 valence electrons. The number of hydrogen-bond donors (Lipinski definition) is 1. The lowest BCUT2D eigenvalue weighted by Gasteiger charge is -2.26. The Morgan fingerprint density at radius 1 is 1.10 bits per heavy atom. The van der Waals surface area contributed by atoms with Crippen molar-refractivity contribution in [3.63, 3.8) is 0 Å². The molecule has 0 spiro atoms. The van der Waals surface area contributed by atoms with Gasteiger partial charge in [0.15, 0.2) is 0 Å². The maximum atomic E-state index is 12.2. The van der Waals surface area contributed by atoms with Gasteiger partial charge in [0.1, 0.15) is 6.61 Å². The fraction of sp³-hybridized carbons (Fsp3) is 0.500. The summed E-state index contributed by atoms with van der Waals surface area (Å²) in [6, 6.07) is 9.47. The fourth-order valence-corrected chi connectivity index (χ4v) is 3.81. The number of carbonyl (C=O) groups is 2. The highest BCUT2D eigenvalue weighted by Crippen LogP contribution is 2.52. The summed E-state index contributed by atoms with van der Waals surface area (Å²) in [5.41, 5.74) is 0.927. The van der Waals surface area contributed by atoms with Gasteiger partial charge >= 0.3 is 11.9 Å². The number of hydrogen-bond acceptors (Lipinski definition) is 3. The molecule has 2 bridgehead atoms. The summed E-state index contributed by atoms with van der Waals surface area (Å²) in [7, 11) is 0. The van der Waals surface area contributed by atoms with Gasteiger partial charge in [-0.25, -0.2) is 0 Å². The average molecular weight is 274 g/mol. The van der Waals surface area contributed by atoms with Gasteiger partial charge in [-0.3, -0.25) is 9.59 Å². The van der Waals surface area contributed by atoms with E-state index in [0.29, 0.717) is 0 Å². The number of aliphatic carboxylic acids is 1. The van der Waals surface area contributed by atoms with Crippen LogP contribution in [-0.2, 0) is 20.9 Å². The molecule has 0 radical (unpaired) electrons. The topological polar surface area (TPSA) is 63.6 Å². The number of carboxylic acids is 1. The highest BCUT2D eigenvalue weighted by molar-refractivity contribution is 5.82. The summed E-state index contributed by atoms with van der Waals surface area (Å²) in [5, 5.41) is 9.33. The van der Waals surface area contributed by atoms with Crippen LogP contribution < -0.4 is 0 Å². The van der Waals surface area contributed by atoms with Crippen molar-refractivity contribution in [1.29, 1.82) is 0 Å². The molecule has 3 rings (SSSR count). The largest absolute Gasteiger partial charge is 0.481 e. The smallest absolute Gasteiger partial charge is 0.310 e. The number of esters is 1. The number of fused-ring (bicyclic) bond motifs is 2. The Kier molecular flexibility index (Phi) is 3.47. The molecular formula is C16H18O4. The van der Waals surface area contributed by atoms with Gasteiger partial charge in [-0.05, 0) is 36.7 Å². The molecule has 0 aromatic heterocycles. The third kappa shape index (κ3) is 2.30. The van der Waals surface area contributed by atoms with E-state index < -0.39 is 17.8 Å². The minimum atomic E-state index is -0.848. The average Bonchev–Trinajstić information content (AvgIpc) is 3.06. The zero-order valence-electron chi connectivity index (χ0n) is 11.2. The van der Waals surface area contributed by atoms with Crippen LogP contribution in [0.15, 0.2) is 30.3 Å². The fourth-order valence-electron chi connectivity index (χ4n) is 3.81. The third-order valence-electron chi connectivity index (χ3n) is 4.70. The van der Waals surface area contributed by atoms with Gasteiger partial charge in [-0.1, -0.05) is 30.3 Å². The van der Waals surface area contributed by atoms with Crippen molar-refractivity contribution in [2.24, 2.45) is 23.7 Å². The lowest BCUT2D eigenvalue weighted by atomic mass is 9.79. The zero-order valence-corrected chi connectivity index (χ0v) is 11.2. The first-order valence-electron chi connectivity index (χ1n) is 7.10. The number of benzene rings is 1. The van der Waals surface area contributed by atoms with Gasteiger partial charge in [-0.15, -0.1) is 0 Å². The Balaban J connectivity index is 1.66. The molecule has 4 atom stereocenters. The van der Waals surface area contributed by atoms with Gasteiger partial charge in [0.2, 0.25) is 0 Å². The molecule has 0 heterocycles. The van der Waals surface area contributed by atoms with E-state index >= 15 is 0 Å². The van der Waals surface area contributed by atoms with Crippen molar-refractivity contribution in [3.8, 4) is 0 Å². The Morgan fingerprint density at radius 3 is 2.40 bits per heavy atom. The molecule has 0 amide bonds. The summed E-state index contributed by atoms with van der Waals surface area (Å²) in [5.74, 6) is -1.82. The number of ether oxygens (including phenoxy) is 1. The molecule has 4 nitrogen and oxygen atoms in total. The summed E-state index contributed by atoms with van der Waals surface area (Å²) < 4.78 is 5.34. The third-order valence-corrected chi connectivity index (χ3v) is 4.70. The van der Waals surface area contributed by atoms with E-state index in [1.54, 1.807) is 0 Å². The highest BCUT2D eigenvalue weighted by atomic mass is 16.5. The van der Waals surface area contributed by atoms with Crippen LogP contribution in [0.4, 0.5) is 0 Å². The molecule has 1 aromatic rings. The van der Waals surface area contributed by atoms with Gasteiger partial charge in [0, 0.05) is 0 Å². The van der Waals surface area contributed by atoms with Crippen LogP contribution in [0.3, 0.4) is 0 Å². The molecule has 1 N–H and O–H groups in total. The molecule has 0 unspecified atom stereocenters. The quantitative estimate of drug-likeness (QED) is 0.857. The molecule has 2 aliphatic rings. The molecule has 20 heavy (non-hydrogen) atoms.